The first-order valence-electron chi connectivity index (χ1n) is 10.2. The fraction of sp³-hybridized carbons (Fsp3) is 0.364. The van der Waals surface area contributed by atoms with E-state index in [1.807, 2.05) is 0 Å². The highest BCUT2D eigenvalue weighted by atomic mass is 32.1. The van der Waals surface area contributed by atoms with E-state index >= 15 is 0 Å². The molecular weight excluding hydrogens is 446 g/mol. The molecule has 32 heavy (non-hydrogen) atoms. The van der Waals surface area contributed by atoms with Crippen LogP contribution in [0.25, 0.3) is 10.2 Å². The third-order valence-electron chi connectivity index (χ3n) is 5.21. The van der Waals surface area contributed by atoms with E-state index in [1.54, 1.807) is 0 Å². The smallest absolute Gasteiger partial charge is 0.379 e. The second-order valence-electron chi connectivity index (χ2n) is 7.45. The molecule has 0 bridgehead atoms. The van der Waals surface area contributed by atoms with Crippen LogP contribution in [0.4, 0.5) is 22.7 Å². The zero-order chi connectivity index (χ0) is 22.7. The highest BCUT2D eigenvalue weighted by Crippen LogP contribution is 2.32. The van der Waals surface area contributed by atoms with Crippen LogP contribution in [0.2, 0.25) is 0 Å². The van der Waals surface area contributed by atoms with E-state index in [0.29, 0.717) is 35.0 Å². The molecule has 0 atom stereocenters. The first-order valence-corrected chi connectivity index (χ1v) is 11.0. The van der Waals surface area contributed by atoms with E-state index in [1.165, 1.54) is 35.2 Å². The summed E-state index contributed by atoms with van der Waals surface area (Å²) in [6, 6.07) is 8.49. The van der Waals surface area contributed by atoms with Gasteiger partial charge in [0.15, 0.2) is 5.13 Å². The number of thiazole rings is 1. The van der Waals surface area contributed by atoms with Gasteiger partial charge in [0.1, 0.15) is 5.82 Å². The number of anilines is 1. The number of fused-ring (bicyclic) bond motifs is 1. The monoisotopic (exact) mass is 467 g/mol. The third kappa shape index (κ3) is 5.25. The van der Waals surface area contributed by atoms with Crippen molar-refractivity contribution in [1.29, 1.82) is 0 Å². The molecule has 1 fully saturated rings. The van der Waals surface area contributed by atoms with Crippen LogP contribution >= 0.6 is 11.3 Å². The number of carbonyl (C=O) groups excluding carboxylic acids is 1. The summed E-state index contributed by atoms with van der Waals surface area (Å²) in [7, 11) is 0. The Kier molecular flexibility index (Phi) is 6.73. The molecule has 1 amide bonds. The number of aromatic nitrogens is 1. The first-order chi connectivity index (χ1) is 15.3. The Morgan fingerprint density at radius 2 is 1.94 bits per heavy atom. The van der Waals surface area contributed by atoms with E-state index in [2.05, 4.69) is 9.88 Å². The van der Waals surface area contributed by atoms with E-state index in [0.717, 1.165) is 43.1 Å². The molecule has 10 heteroatoms. The molecule has 0 saturated carbocycles. The zero-order valence-electron chi connectivity index (χ0n) is 17.1. The van der Waals surface area contributed by atoms with Gasteiger partial charge in [-0.1, -0.05) is 17.4 Å². The number of alkyl halides is 3. The van der Waals surface area contributed by atoms with E-state index in [-0.39, 0.29) is 12.1 Å². The highest BCUT2D eigenvalue weighted by molar-refractivity contribution is 7.22. The molecule has 0 aliphatic carbocycles. The largest absolute Gasteiger partial charge is 0.416 e. The average Bonchev–Trinajstić information content (AvgIpc) is 3.19. The Morgan fingerprint density at radius 1 is 1.16 bits per heavy atom. The lowest BCUT2D eigenvalue weighted by Gasteiger charge is -2.27. The topological polar surface area (TPSA) is 45.7 Å². The van der Waals surface area contributed by atoms with Gasteiger partial charge < -0.3 is 4.74 Å². The molecule has 3 aromatic rings. The number of ether oxygens (including phenoxy) is 1. The molecule has 0 N–H and O–H groups in total. The average molecular weight is 467 g/mol. The van der Waals surface area contributed by atoms with Gasteiger partial charge in [-0.05, 0) is 42.8 Å². The molecular formula is C22H21F4N3O2S. The van der Waals surface area contributed by atoms with Gasteiger partial charge in [0, 0.05) is 31.7 Å². The van der Waals surface area contributed by atoms with Crippen molar-refractivity contribution in [1.82, 2.24) is 9.88 Å². The van der Waals surface area contributed by atoms with Crippen molar-refractivity contribution in [3.8, 4) is 0 Å². The first kappa shape index (κ1) is 22.6. The summed E-state index contributed by atoms with van der Waals surface area (Å²) in [6.07, 6.45) is -3.94. The maximum absolute atomic E-state index is 13.6. The predicted octanol–water partition coefficient (Wildman–Crippen LogP) is 4.82. The van der Waals surface area contributed by atoms with Gasteiger partial charge in [0.2, 0.25) is 0 Å². The summed E-state index contributed by atoms with van der Waals surface area (Å²) < 4.78 is 59.0. The van der Waals surface area contributed by atoms with Crippen molar-refractivity contribution >= 4 is 32.6 Å². The van der Waals surface area contributed by atoms with Crippen LogP contribution in [-0.4, -0.2) is 55.2 Å². The molecule has 1 saturated heterocycles. The fourth-order valence-corrected chi connectivity index (χ4v) is 4.56. The standard InChI is InChI=1S/C22H21F4N3O2S/c23-17-5-6-18-19(14-17)32-21(27-18)29(8-2-7-28-9-11-31-12-10-28)20(30)15-3-1-4-16(13-15)22(24,25)26/h1,3-6,13-14H,2,7-12H2. The van der Waals surface area contributed by atoms with Crippen molar-refractivity contribution in [2.75, 3.05) is 44.3 Å². The van der Waals surface area contributed by atoms with Crippen molar-refractivity contribution in [3.05, 3.63) is 59.4 Å². The molecule has 0 unspecified atom stereocenters. The van der Waals surface area contributed by atoms with Crippen molar-refractivity contribution < 1.29 is 27.1 Å². The van der Waals surface area contributed by atoms with Crippen LogP contribution in [0, 0.1) is 5.82 Å². The molecule has 5 nitrogen and oxygen atoms in total. The normalized spacial score (nSPS) is 15.2. The molecule has 170 valence electrons. The van der Waals surface area contributed by atoms with Crippen LogP contribution in [0.3, 0.4) is 0 Å². The maximum atomic E-state index is 13.6. The summed E-state index contributed by atoms with van der Waals surface area (Å²) >= 11 is 1.14. The minimum Gasteiger partial charge on any atom is -0.379 e. The second kappa shape index (κ2) is 9.51. The van der Waals surface area contributed by atoms with Gasteiger partial charge in [-0.3, -0.25) is 14.6 Å². The fourth-order valence-electron chi connectivity index (χ4n) is 3.55. The summed E-state index contributed by atoms with van der Waals surface area (Å²) in [6.45, 7) is 3.88. The Morgan fingerprint density at radius 3 is 2.69 bits per heavy atom. The Hall–Kier alpha value is -2.56. The lowest BCUT2D eigenvalue weighted by atomic mass is 10.1. The summed E-state index contributed by atoms with van der Waals surface area (Å²) in [5.74, 6) is -0.992. The number of rotatable bonds is 6. The van der Waals surface area contributed by atoms with Crippen LogP contribution in [0.1, 0.15) is 22.3 Å². The van der Waals surface area contributed by atoms with Crippen molar-refractivity contribution in [2.45, 2.75) is 12.6 Å². The number of carbonyl (C=O) groups is 1. The number of hydrogen-bond acceptors (Lipinski definition) is 5. The zero-order valence-corrected chi connectivity index (χ0v) is 17.9. The Bertz CT molecular complexity index is 1100. The predicted molar refractivity (Wildman–Crippen MR) is 115 cm³/mol. The van der Waals surface area contributed by atoms with Gasteiger partial charge in [-0.2, -0.15) is 13.2 Å². The molecule has 1 aromatic heterocycles. The van der Waals surface area contributed by atoms with Gasteiger partial charge in [0.05, 0.1) is 29.0 Å². The van der Waals surface area contributed by atoms with Gasteiger partial charge >= 0.3 is 6.18 Å². The molecule has 1 aliphatic heterocycles. The SMILES string of the molecule is O=C(c1cccc(C(F)(F)F)c1)N(CCCN1CCOCC1)c1nc2ccc(F)cc2s1. The van der Waals surface area contributed by atoms with Crippen molar-refractivity contribution in [3.63, 3.8) is 0 Å². The molecule has 0 spiro atoms. The number of benzene rings is 2. The lowest BCUT2D eigenvalue weighted by molar-refractivity contribution is -0.137. The molecule has 0 radical (unpaired) electrons. The minimum atomic E-state index is -4.55. The second-order valence-corrected chi connectivity index (χ2v) is 8.46. The third-order valence-corrected chi connectivity index (χ3v) is 6.25. The molecule has 1 aliphatic rings. The number of amides is 1. The quantitative estimate of drug-likeness (QED) is 0.488. The van der Waals surface area contributed by atoms with E-state index in [4.69, 9.17) is 4.74 Å². The number of morpholine rings is 1. The minimum absolute atomic E-state index is 0.0726. The summed E-state index contributed by atoms with van der Waals surface area (Å²) in [5.41, 5.74) is -0.430. The van der Waals surface area contributed by atoms with E-state index < -0.39 is 23.5 Å². The van der Waals surface area contributed by atoms with Crippen LogP contribution < -0.4 is 4.90 Å². The van der Waals surface area contributed by atoms with Crippen molar-refractivity contribution in [2.24, 2.45) is 0 Å². The van der Waals surface area contributed by atoms with E-state index in [9.17, 15) is 22.4 Å². The Labute approximate surface area is 186 Å². The molecule has 2 aromatic carbocycles. The lowest BCUT2D eigenvalue weighted by Crippen LogP contribution is -2.39. The van der Waals surface area contributed by atoms with Gasteiger partial charge in [0.25, 0.3) is 5.91 Å². The summed E-state index contributed by atoms with van der Waals surface area (Å²) in [4.78, 5) is 21.3. The van der Waals surface area contributed by atoms with Gasteiger partial charge in [-0.25, -0.2) is 9.37 Å². The Balaban J connectivity index is 1.60. The number of hydrogen-bond donors (Lipinski definition) is 0. The highest BCUT2D eigenvalue weighted by Gasteiger charge is 2.32. The van der Waals surface area contributed by atoms with Crippen LogP contribution in [-0.2, 0) is 10.9 Å². The maximum Gasteiger partial charge on any atom is 0.416 e. The van der Waals surface area contributed by atoms with Gasteiger partial charge in [-0.15, -0.1) is 0 Å². The number of nitrogens with zero attached hydrogens (tertiary/aromatic N) is 3. The molecule has 4 rings (SSSR count). The molecule has 2 heterocycles. The summed E-state index contributed by atoms with van der Waals surface area (Å²) in [5, 5.41) is 0.329. The van der Waals surface area contributed by atoms with Crippen LogP contribution in [0.15, 0.2) is 42.5 Å². The number of halogens is 4. The van der Waals surface area contributed by atoms with Crippen LogP contribution in [0.5, 0.6) is 0 Å².